The van der Waals surface area contributed by atoms with E-state index in [1.807, 2.05) is 44.2 Å². The van der Waals surface area contributed by atoms with Crippen molar-refractivity contribution >= 4 is 11.0 Å². The van der Waals surface area contributed by atoms with Crippen LogP contribution in [0.2, 0.25) is 0 Å². The Hall–Kier alpha value is -2.42. The van der Waals surface area contributed by atoms with Crippen molar-refractivity contribution in [2.24, 2.45) is 0 Å². The number of phenolic OH excluding ortho intramolecular Hbond substituents is 2. The zero-order valence-electron chi connectivity index (χ0n) is 11.4. The Bertz CT molecular complexity index is 713. The maximum Gasteiger partial charge on any atom is 0.135 e. The molecular formula is C17H16O3. The van der Waals surface area contributed by atoms with E-state index in [0.29, 0.717) is 16.9 Å². The number of hydrogen-bond acceptors (Lipinski definition) is 3. The molecule has 1 aromatic heterocycles. The second kappa shape index (κ2) is 4.60. The average molecular weight is 268 g/mol. The van der Waals surface area contributed by atoms with E-state index in [9.17, 15) is 10.2 Å². The largest absolute Gasteiger partial charge is 0.507 e. The van der Waals surface area contributed by atoms with E-state index in [0.717, 1.165) is 11.0 Å². The Kier molecular flexibility index (Phi) is 2.90. The first-order chi connectivity index (χ1) is 9.56. The molecule has 0 atom stereocenters. The van der Waals surface area contributed by atoms with Crippen LogP contribution in [0.1, 0.15) is 25.3 Å². The minimum Gasteiger partial charge on any atom is -0.507 e. The van der Waals surface area contributed by atoms with Crippen molar-refractivity contribution in [1.82, 2.24) is 0 Å². The van der Waals surface area contributed by atoms with Crippen molar-refractivity contribution in [3.8, 4) is 22.8 Å². The summed E-state index contributed by atoms with van der Waals surface area (Å²) < 4.78 is 5.74. The Morgan fingerprint density at radius 2 is 1.60 bits per heavy atom. The molecule has 20 heavy (non-hydrogen) atoms. The van der Waals surface area contributed by atoms with E-state index < -0.39 is 0 Å². The lowest BCUT2D eigenvalue weighted by Crippen LogP contribution is -1.90. The number of hydrogen-bond donors (Lipinski definition) is 2. The molecule has 0 aliphatic heterocycles. The smallest absolute Gasteiger partial charge is 0.135 e. The molecule has 0 amide bonds. The van der Waals surface area contributed by atoms with Crippen LogP contribution in [0.5, 0.6) is 11.5 Å². The third kappa shape index (κ3) is 2.01. The standard InChI is InChI=1S/C17H16O3/c1-10(2)17-13(18)7-12(8-14(17)19)16-9-11-5-3-4-6-15(11)20-16/h3-10,18-19H,1-2H3. The molecule has 0 saturated carbocycles. The molecule has 102 valence electrons. The van der Waals surface area contributed by atoms with Crippen LogP contribution in [0.3, 0.4) is 0 Å². The highest BCUT2D eigenvalue weighted by Crippen LogP contribution is 2.39. The van der Waals surface area contributed by atoms with Crippen LogP contribution in [0.15, 0.2) is 46.9 Å². The van der Waals surface area contributed by atoms with Gasteiger partial charge in [0.05, 0.1) is 0 Å². The van der Waals surface area contributed by atoms with Gasteiger partial charge in [-0.05, 0) is 30.2 Å². The summed E-state index contributed by atoms with van der Waals surface area (Å²) in [6.07, 6.45) is 0. The number of fused-ring (bicyclic) bond motifs is 1. The van der Waals surface area contributed by atoms with E-state index >= 15 is 0 Å². The molecular weight excluding hydrogens is 252 g/mol. The van der Waals surface area contributed by atoms with Crippen molar-refractivity contribution in [3.63, 3.8) is 0 Å². The van der Waals surface area contributed by atoms with Gasteiger partial charge in [0.1, 0.15) is 22.8 Å². The Morgan fingerprint density at radius 1 is 0.950 bits per heavy atom. The van der Waals surface area contributed by atoms with Gasteiger partial charge in [-0.3, -0.25) is 0 Å². The van der Waals surface area contributed by atoms with Crippen LogP contribution < -0.4 is 0 Å². The van der Waals surface area contributed by atoms with Crippen LogP contribution in [-0.4, -0.2) is 10.2 Å². The predicted octanol–water partition coefficient (Wildman–Crippen LogP) is 4.63. The van der Waals surface area contributed by atoms with Crippen molar-refractivity contribution in [2.45, 2.75) is 19.8 Å². The van der Waals surface area contributed by atoms with E-state index in [1.54, 1.807) is 12.1 Å². The van der Waals surface area contributed by atoms with E-state index in [-0.39, 0.29) is 17.4 Å². The van der Waals surface area contributed by atoms with Gasteiger partial charge in [0.25, 0.3) is 0 Å². The van der Waals surface area contributed by atoms with Crippen LogP contribution in [0, 0.1) is 0 Å². The lowest BCUT2D eigenvalue weighted by atomic mass is 9.98. The molecule has 2 N–H and O–H groups in total. The summed E-state index contributed by atoms with van der Waals surface area (Å²) in [7, 11) is 0. The van der Waals surface area contributed by atoms with Gasteiger partial charge >= 0.3 is 0 Å². The normalized spacial score (nSPS) is 11.3. The van der Waals surface area contributed by atoms with Gasteiger partial charge in [-0.1, -0.05) is 32.0 Å². The lowest BCUT2D eigenvalue weighted by molar-refractivity contribution is 0.433. The average Bonchev–Trinajstić information content (AvgIpc) is 2.81. The third-order valence-corrected chi connectivity index (χ3v) is 3.42. The number of furan rings is 1. The molecule has 1 heterocycles. The molecule has 3 heteroatoms. The summed E-state index contributed by atoms with van der Waals surface area (Å²) in [5.74, 6) is 0.873. The monoisotopic (exact) mass is 268 g/mol. The molecule has 3 rings (SSSR count). The maximum absolute atomic E-state index is 10.1. The van der Waals surface area contributed by atoms with Crippen molar-refractivity contribution in [1.29, 1.82) is 0 Å². The molecule has 2 aromatic carbocycles. The SMILES string of the molecule is CC(C)c1c(O)cc(-c2cc3ccccc3o2)cc1O. The van der Waals surface area contributed by atoms with E-state index in [2.05, 4.69) is 0 Å². The molecule has 0 aliphatic rings. The molecule has 0 radical (unpaired) electrons. The number of aromatic hydroxyl groups is 2. The summed E-state index contributed by atoms with van der Waals surface area (Å²) in [6.45, 7) is 3.85. The number of benzene rings is 2. The summed E-state index contributed by atoms with van der Waals surface area (Å²) in [4.78, 5) is 0. The van der Waals surface area contributed by atoms with Crippen LogP contribution in [0.25, 0.3) is 22.3 Å². The topological polar surface area (TPSA) is 53.6 Å². The second-order valence-corrected chi connectivity index (χ2v) is 5.23. The first-order valence-corrected chi connectivity index (χ1v) is 6.61. The molecule has 0 aliphatic carbocycles. The summed E-state index contributed by atoms with van der Waals surface area (Å²) >= 11 is 0. The minimum absolute atomic E-state index is 0.0553. The third-order valence-electron chi connectivity index (χ3n) is 3.42. The van der Waals surface area contributed by atoms with Crippen molar-refractivity contribution < 1.29 is 14.6 Å². The molecule has 3 aromatic rings. The van der Waals surface area contributed by atoms with Gasteiger partial charge in [-0.2, -0.15) is 0 Å². The van der Waals surface area contributed by atoms with Gasteiger partial charge in [-0.25, -0.2) is 0 Å². The van der Waals surface area contributed by atoms with Crippen LogP contribution in [0.4, 0.5) is 0 Å². The fourth-order valence-corrected chi connectivity index (χ4v) is 2.48. The zero-order chi connectivity index (χ0) is 14.3. The second-order valence-electron chi connectivity index (χ2n) is 5.23. The summed E-state index contributed by atoms with van der Waals surface area (Å²) in [5, 5.41) is 21.1. The first-order valence-electron chi connectivity index (χ1n) is 6.61. The van der Waals surface area contributed by atoms with Gasteiger partial charge in [-0.15, -0.1) is 0 Å². The zero-order valence-corrected chi connectivity index (χ0v) is 11.4. The fourth-order valence-electron chi connectivity index (χ4n) is 2.48. The lowest BCUT2D eigenvalue weighted by Gasteiger charge is -2.11. The molecule has 0 saturated heterocycles. The Balaban J connectivity index is 2.15. The number of para-hydroxylation sites is 1. The Morgan fingerprint density at radius 3 is 2.20 bits per heavy atom. The summed E-state index contributed by atoms with van der Waals surface area (Å²) in [6, 6.07) is 12.9. The van der Waals surface area contributed by atoms with Gasteiger partial charge in [0.15, 0.2) is 0 Å². The van der Waals surface area contributed by atoms with Crippen molar-refractivity contribution in [2.75, 3.05) is 0 Å². The highest BCUT2D eigenvalue weighted by atomic mass is 16.3. The number of phenols is 2. The summed E-state index contributed by atoms with van der Waals surface area (Å²) in [5.41, 5.74) is 2.01. The van der Waals surface area contributed by atoms with Gasteiger partial charge in [0, 0.05) is 16.5 Å². The Labute approximate surface area is 117 Å². The van der Waals surface area contributed by atoms with E-state index in [4.69, 9.17) is 4.42 Å². The van der Waals surface area contributed by atoms with Crippen LogP contribution in [-0.2, 0) is 0 Å². The minimum atomic E-state index is 0.0553. The predicted molar refractivity (Wildman–Crippen MR) is 79.1 cm³/mol. The highest BCUT2D eigenvalue weighted by molar-refractivity contribution is 5.83. The van der Waals surface area contributed by atoms with Gasteiger partial charge < -0.3 is 14.6 Å². The molecule has 0 spiro atoms. The molecule has 0 unspecified atom stereocenters. The molecule has 3 nitrogen and oxygen atoms in total. The fraction of sp³-hybridized carbons (Fsp3) is 0.176. The van der Waals surface area contributed by atoms with E-state index in [1.165, 1.54) is 0 Å². The first kappa shape index (κ1) is 12.6. The number of rotatable bonds is 2. The van der Waals surface area contributed by atoms with Crippen LogP contribution >= 0.6 is 0 Å². The molecule has 0 fully saturated rings. The quantitative estimate of drug-likeness (QED) is 0.712. The van der Waals surface area contributed by atoms with Crippen molar-refractivity contribution in [3.05, 3.63) is 48.0 Å². The highest BCUT2D eigenvalue weighted by Gasteiger charge is 2.15. The van der Waals surface area contributed by atoms with Gasteiger partial charge in [0.2, 0.25) is 0 Å². The molecule has 0 bridgehead atoms. The maximum atomic E-state index is 10.1.